The molecule has 28 heavy (non-hydrogen) atoms. The van der Waals surface area contributed by atoms with E-state index in [0.29, 0.717) is 12.0 Å². The number of hydrogen-bond donors (Lipinski definition) is 1. The Kier molecular flexibility index (Phi) is 5.03. The van der Waals surface area contributed by atoms with E-state index in [1.807, 2.05) is 0 Å². The van der Waals surface area contributed by atoms with Gasteiger partial charge in [0.2, 0.25) is 0 Å². The van der Waals surface area contributed by atoms with Crippen LogP contribution in [-0.2, 0) is 6.42 Å². The second-order valence-electron chi connectivity index (χ2n) is 6.49. The van der Waals surface area contributed by atoms with Crippen molar-refractivity contribution < 1.29 is 53.4 Å². The molecule has 0 aliphatic heterocycles. The summed E-state index contributed by atoms with van der Waals surface area (Å²) < 4.78 is 150. The minimum atomic E-state index is -7.25. The molecule has 1 aliphatic rings. The van der Waals surface area contributed by atoms with E-state index in [0.717, 1.165) is 12.1 Å². The first kappa shape index (κ1) is 22.7. The number of benzene rings is 1. The van der Waals surface area contributed by atoms with Crippen LogP contribution in [0.25, 0.3) is 0 Å². The molecule has 0 amide bonds. The fourth-order valence-electron chi connectivity index (χ4n) is 2.90. The summed E-state index contributed by atoms with van der Waals surface area (Å²) in [7, 11) is 0. The highest BCUT2D eigenvalue weighted by Crippen LogP contribution is 2.70. The number of aryl methyl sites for hydroxylation is 1. The van der Waals surface area contributed by atoms with Crippen molar-refractivity contribution in [3.05, 3.63) is 35.4 Å². The van der Waals surface area contributed by atoms with Crippen molar-refractivity contribution in [3.63, 3.8) is 0 Å². The highest BCUT2D eigenvalue weighted by atomic mass is 19.4. The number of aliphatic hydroxyl groups excluding tert-OH is 1. The summed E-state index contributed by atoms with van der Waals surface area (Å²) in [5.41, 5.74) is -6.13. The largest absolute Gasteiger partial charge is 0.388 e. The molecule has 1 unspecified atom stereocenters. The zero-order chi connectivity index (χ0) is 22.0. The summed E-state index contributed by atoms with van der Waals surface area (Å²) in [6.07, 6.45) is -4.93. The lowest BCUT2D eigenvalue weighted by Gasteiger charge is -2.52. The van der Waals surface area contributed by atoms with Crippen molar-refractivity contribution >= 4 is 0 Å². The molecule has 2 rings (SSSR count). The summed E-state index contributed by atoms with van der Waals surface area (Å²) in [5, 5.41) is 9.75. The molecule has 1 aliphatic carbocycles. The molecule has 160 valence electrons. The molecule has 1 atom stereocenters. The fraction of sp³-hybridized carbons (Fsp3) is 0.625. The summed E-state index contributed by atoms with van der Waals surface area (Å²) in [4.78, 5) is 0. The molecule has 1 saturated carbocycles. The third-order valence-corrected chi connectivity index (χ3v) is 4.82. The molecule has 12 heteroatoms. The summed E-state index contributed by atoms with van der Waals surface area (Å²) in [5.74, 6) is -35.4. The van der Waals surface area contributed by atoms with Crippen LogP contribution in [0.3, 0.4) is 0 Å². The Hall–Kier alpha value is -1.59. The van der Waals surface area contributed by atoms with Crippen LogP contribution in [0.5, 0.6) is 0 Å². The van der Waals surface area contributed by atoms with E-state index >= 15 is 0 Å². The van der Waals surface area contributed by atoms with Crippen LogP contribution >= 0.6 is 0 Å². The number of aliphatic hydroxyl groups is 1. The molecule has 1 aromatic rings. The highest BCUT2D eigenvalue weighted by Gasteiger charge is 3.00. The van der Waals surface area contributed by atoms with Gasteiger partial charge in [0.1, 0.15) is 0 Å². The molecule has 0 saturated heterocycles. The molecule has 0 heterocycles. The molecule has 1 fully saturated rings. The zero-order valence-corrected chi connectivity index (χ0v) is 13.9. The van der Waals surface area contributed by atoms with Gasteiger partial charge in [-0.25, -0.2) is 4.39 Å². The van der Waals surface area contributed by atoms with Gasteiger partial charge in [0.25, 0.3) is 5.67 Å². The summed E-state index contributed by atoms with van der Waals surface area (Å²) >= 11 is 0. The number of hydrogen-bond acceptors (Lipinski definition) is 1. The summed E-state index contributed by atoms with van der Waals surface area (Å²) in [6.45, 7) is 1.68. The van der Waals surface area contributed by atoms with Gasteiger partial charge in [0.15, 0.2) is 0 Å². The van der Waals surface area contributed by atoms with Crippen LogP contribution in [0.1, 0.15) is 30.6 Å². The minimum absolute atomic E-state index is 0.438. The topological polar surface area (TPSA) is 20.2 Å². The molecule has 1 nitrogen and oxygen atoms in total. The summed E-state index contributed by atoms with van der Waals surface area (Å²) in [6, 6.07) is 4.38. The third-order valence-electron chi connectivity index (χ3n) is 4.82. The Morgan fingerprint density at radius 2 is 1.04 bits per heavy atom. The monoisotopic (exact) mass is 430 g/mol. The second kappa shape index (κ2) is 6.20. The van der Waals surface area contributed by atoms with Gasteiger partial charge >= 0.3 is 29.6 Å². The lowest BCUT2D eigenvalue weighted by atomic mass is 9.69. The van der Waals surface area contributed by atoms with Crippen LogP contribution < -0.4 is 0 Å². The van der Waals surface area contributed by atoms with E-state index in [9.17, 15) is 53.4 Å². The van der Waals surface area contributed by atoms with Gasteiger partial charge in [-0.15, -0.1) is 0 Å². The zero-order valence-electron chi connectivity index (χ0n) is 13.9. The molecule has 0 radical (unpaired) electrons. The SMILES string of the molecule is CCc1ccc(C(O)CC2(F)C(F)(F)C(F)(F)C(F)(F)C(F)(F)C2(F)F)cc1. The van der Waals surface area contributed by atoms with Crippen molar-refractivity contribution in [2.75, 3.05) is 0 Å². The molecule has 1 aromatic carbocycles. The van der Waals surface area contributed by atoms with Crippen LogP contribution in [0, 0.1) is 0 Å². The van der Waals surface area contributed by atoms with Crippen molar-refractivity contribution in [3.8, 4) is 0 Å². The Morgan fingerprint density at radius 3 is 1.39 bits per heavy atom. The highest BCUT2D eigenvalue weighted by molar-refractivity contribution is 5.29. The smallest absolute Gasteiger partial charge is 0.384 e. The predicted molar refractivity (Wildman–Crippen MR) is 74.0 cm³/mol. The third kappa shape index (κ3) is 2.48. The molecule has 0 aromatic heterocycles. The number of alkyl halides is 11. The van der Waals surface area contributed by atoms with Crippen LogP contribution in [0.15, 0.2) is 24.3 Å². The van der Waals surface area contributed by atoms with Crippen molar-refractivity contribution in [1.82, 2.24) is 0 Å². The molecular formula is C16H13F11O. The van der Waals surface area contributed by atoms with Gasteiger partial charge in [-0.1, -0.05) is 31.2 Å². The number of halogens is 11. The Labute approximate surface area is 151 Å². The van der Waals surface area contributed by atoms with E-state index in [-0.39, 0.29) is 0 Å². The first-order valence-electron chi connectivity index (χ1n) is 7.77. The normalized spacial score (nSPS) is 27.2. The number of rotatable bonds is 4. The van der Waals surface area contributed by atoms with Gasteiger partial charge in [-0.2, -0.15) is 43.9 Å². The maximum Gasteiger partial charge on any atom is 0.384 e. The Balaban J connectivity index is 2.58. The average Bonchev–Trinajstić information content (AvgIpc) is 2.59. The van der Waals surface area contributed by atoms with E-state index in [2.05, 4.69) is 0 Å². The van der Waals surface area contributed by atoms with E-state index in [1.54, 1.807) is 6.92 Å². The van der Waals surface area contributed by atoms with Crippen LogP contribution in [0.2, 0.25) is 0 Å². The molecule has 1 N–H and O–H groups in total. The van der Waals surface area contributed by atoms with Crippen molar-refractivity contribution in [2.24, 2.45) is 0 Å². The first-order valence-corrected chi connectivity index (χ1v) is 7.77. The van der Waals surface area contributed by atoms with Gasteiger partial charge < -0.3 is 5.11 Å². The van der Waals surface area contributed by atoms with E-state index in [4.69, 9.17) is 0 Å². The molecule has 0 bridgehead atoms. The van der Waals surface area contributed by atoms with Crippen molar-refractivity contribution in [1.29, 1.82) is 0 Å². The lowest BCUT2D eigenvalue weighted by molar-refractivity contribution is -0.487. The second-order valence-corrected chi connectivity index (χ2v) is 6.49. The van der Waals surface area contributed by atoms with Crippen LogP contribution in [-0.4, -0.2) is 40.4 Å². The van der Waals surface area contributed by atoms with E-state index in [1.165, 1.54) is 12.1 Å². The van der Waals surface area contributed by atoms with Gasteiger partial charge in [-0.3, -0.25) is 0 Å². The van der Waals surface area contributed by atoms with Gasteiger partial charge in [-0.05, 0) is 17.5 Å². The lowest BCUT2D eigenvalue weighted by Crippen LogP contribution is -2.83. The maximum absolute atomic E-state index is 14.6. The standard InChI is InChI=1S/C16H13F11O/c1-2-8-3-5-9(6-4-8)10(28)7-11(17)12(18,19)14(22,23)16(26,27)15(24,25)13(11,20)21/h3-6,10,28H,2,7H2,1H3. The van der Waals surface area contributed by atoms with Gasteiger partial charge in [0.05, 0.1) is 6.10 Å². The molecule has 0 spiro atoms. The maximum atomic E-state index is 14.6. The Bertz CT molecular complexity index is 697. The Morgan fingerprint density at radius 1 is 0.679 bits per heavy atom. The predicted octanol–water partition coefficient (Wildman–Crippen LogP) is 5.57. The van der Waals surface area contributed by atoms with Crippen molar-refractivity contribution in [2.45, 2.75) is 61.2 Å². The molecular weight excluding hydrogens is 417 g/mol. The average molecular weight is 430 g/mol. The van der Waals surface area contributed by atoms with Crippen LogP contribution in [0.4, 0.5) is 48.3 Å². The van der Waals surface area contributed by atoms with E-state index < -0.39 is 53.4 Å². The fourth-order valence-corrected chi connectivity index (χ4v) is 2.90. The quantitative estimate of drug-likeness (QED) is 0.620. The minimum Gasteiger partial charge on any atom is -0.388 e. The first-order chi connectivity index (χ1) is 12.4. The van der Waals surface area contributed by atoms with Gasteiger partial charge in [0, 0.05) is 6.42 Å².